The lowest BCUT2D eigenvalue weighted by Gasteiger charge is -2.09. The molecule has 102 valence electrons. The highest BCUT2D eigenvalue weighted by Crippen LogP contribution is 2.35. The standard InChI is InChI=1S/C17H16ClNS/c1-11-7-8-14(12(2)9-11)19-10-16-17(18)13-5-3-4-6-15(13)20-16/h3-9,19H,10H2,1-2H3. The molecule has 2 aromatic carbocycles. The molecular weight excluding hydrogens is 286 g/mol. The lowest BCUT2D eigenvalue weighted by atomic mass is 10.1. The Labute approximate surface area is 128 Å². The molecular formula is C17H16ClNS. The van der Waals surface area contributed by atoms with Gasteiger partial charge in [0.2, 0.25) is 0 Å². The van der Waals surface area contributed by atoms with Crippen LogP contribution in [-0.2, 0) is 6.54 Å². The van der Waals surface area contributed by atoms with Gasteiger partial charge in [-0.2, -0.15) is 0 Å². The van der Waals surface area contributed by atoms with Crippen molar-refractivity contribution in [2.24, 2.45) is 0 Å². The van der Waals surface area contributed by atoms with E-state index in [0.717, 1.165) is 17.0 Å². The van der Waals surface area contributed by atoms with Gasteiger partial charge in [-0.15, -0.1) is 11.3 Å². The van der Waals surface area contributed by atoms with E-state index in [4.69, 9.17) is 11.6 Å². The number of benzene rings is 2. The Balaban J connectivity index is 1.85. The minimum Gasteiger partial charge on any atom is -0.380 e. The number of hydrogen-bond acceptors (Lipinski definition) is 2. The summed E-state index contributed by atoms with van der Waals surface area (Å²) in [6, 6.07) is 14.7. The van der Waals surface area contributed by atoms with Crippen molar-refractivity contribution in [3.63, 3.8) is 0 Å². The number of halogens is 1. The molecule has 0 unspecified atom stereocenters. The zero-order chi connectivity index (χ0) is 14.1. The molecule has 0 aliphatic heterocycles. The first-order valence-corrected chi connectivity index (χ1v) is 7.81. The van der Waals surface area contributed by atoms with E-state index in [2.05, 4.69) is 55.6 Å². The van der Waals surface area contributed by atoms with Gasteiger partial charge in [0.15, 0.2) is 0 Å². The molecule has 0 fully saturated rings. The summed E-state index contributed by atoms with van der Waals surface area (Å²) in [5, 5.41) is 5.51. The molecule has 20 heavy (non-hydrogen) atoms. The SMILES string of the molecule is Cc1ccc(NCc2sc3ccccc3c2Cl)c(C)c1. The molecule has 0 atom stereocenters. The molecule has 3 rings (SSSR count). The molecule has 1 heterocycles. The van der Waals surface area contributed by atoms with Crippen molar-refractivity contribution >= 4 is 38.7 Å². The van der Waals surface area contributed by atoms with E-state index in [0.29, 0.717) is 0 Å². The van der Waals surface area contributed by atoms with Gasteiger partial charge in [0.1, 0.15) is 0 Å². The van der Waals surface area contributed by atoms with Crippen LogP contribution in [0.15, 0.2) is 42.5 Å². The van der Waals surface area contributed by atoms with Crippen LogP contribution < -0.4 is 5.32 Å². The van der Waals surface area contributed by atoms with Crippen molar-refractivity contribution in [3.8, 4) is 0 Å². The third-order valence-corrected chi connectivity index (χ3v) is 5.14. The van der Waals surface area contributed by atoms with Crippen LogP contribution >= 0.6 is 22.9 Å². The lowest BCUT2D eigenvalue weighted by molar-refractivity contribution is 1.18. The van der Waals surface area contributed by atoms with Gasteiger partial charge in [0, 0.05) is 20.7 Å². The van der Waals surface area contributed by atoms with E-state index in [-0.39, 0.29) is 0 Å². The van der Waals surface area contributed by atoms with Gasteiger partial charge >= 0.3 is 0 Å². The van der Waals surface area contributed by atoms with Crippen molar-refractivity contribution in [2.75, 3.05) is 5.32 Å². The van der Waals surface area contributed by atoms with E-state index in [9.17, 15) is 0 Å². The molecule has 3 aromatic rings. The fraction of sp³-hybridized carbons (Fsp3) is 0.176. The number of anilines is 1. The average molecular weight is 302 g/mol. The van der Waals surface area contributed by atoms with Crippen LogP contribution in [0.25, 0.3) is 10.1 Å². The average Bonchev–Trinajstić information content (AvgIpc) is 2.75. The predicted molar refractivity (Wildman–Crippen MR) is 90.1 cm³/mol. The third-order valence-electron chi connectivity index (χ3n) is 3.42. The maximum Gasteiger partial charge on any atom is 0.0642 e. The van der Waals surface area contributed by atoms with Crippen LogP contribution in [0, 0.1) is 13.8 Å². The number of hydrogen-bond donors (Lipinski definition) is 1. The molecule has 0 spiro atoms. The first-order chi connectivity index (χ1) is 9.65. The van der Waals surface area contributed by atoms with Gasteiger partial charge in [0.05, 0.1) is 11.6 Å². The first kappa shape index (κ1) is 13.5. The minimum absolute atomic E-state index is 0.766. The van der Waals surface area contributed by atoms with Crippen molar-refractivity contribution in [2.45, 2.75) is 20.4 Å². The molecule has 0 aliphatic carbocycles. The molecule has 0 amide bonds. The van der Waals surface area contributed by atoms with Crippen LogP contribution in [0.3, 0.4) is 0 Å². The molecule has 3 heteroatoms. The summed E-state index contributed by atoms with van der Waals surface area (Å²) in [5.74, 6) is 0. The number of rotatable bonds is 3. The highest BCUT2D eigenvalue weighted by Gasteiger charge is 2.09. The monoisotopic (exact) mass is 301 g/mol. The normalized spacial score (nSPS) is 10.9. The summed E-state index contributed by atoms with van der Waals surface area (Å²) in [4.78, 5) is 1.19. The second-order valence-electron chi connectivity index (χ2n) is 5.01. The number of nitrogens with one attached hydrogen (secondary N) is 1. The van der Waals surface area contributed by atoms with E-state index in [1.807, 2.05) is 6.07 Å². The topological polar surface area (TPSA) is 12.0 Å². The fourth-order valence-electron chi connectivity index (χ4n) is 2.37. The molecule has 0 radical (unpaired) electrons. The van der Waals surface area contributed by atoms with Crippen molar-refractivity contribution in [1.82, 2.24) is 0 Å². The van der Waals surface area contributed by atoms with Gasteiger partial charge in [-0.1, -0.05) is 47.5 Å². The van der Waals surface area contributed by atoms with Crippen molar-refractivity contribution in [3.05, 3.63) is 63.5 Å². The second kappa shape index (κ2) is 5.47. The van der Waals surface area contributed by atoms with Gasteiger partial charge in [-0.05, 0) is 31.5 Å². The Hall–Kier alpha value is -1.51. The molecule has 0 aliphatic rings. The maximum atomic E-state index is 6.46. The number of aryl methyl sites for hydroxylation is 2. The molecule has 0 bridgehead atoms. The van der Waals surface area contributed by atoms with E-state index in [1.165, 1.54) is 26.4 Å². The Morgan fingerprint density at radius 3 is 2.65 bits per heavy atom. The molecule has 1 nitrogen and oxygen atoms in total. The van der Waals surface area contributed by atoms with E-state index >= 15 is 0 Å². The lowest BCUT2D eigenvalue weighted by Crippen LogP contribution is -1.99. The maximum absolute atomic E-state index is 6.46. The number of thiophene rings is 1. The predicted octanol–water partition coefficient (Wildman–Crippen LogP) is 5.78. The van der Waals surface area contributed by atoms with Gasteiger partial charge in [-0.3, -0.25) is 0 Å². The van der Waals surface area contributed by atoms with Crippen LogP contribution in [0.4, 0.5) is 5.69 Å². The van der Waals surface area contributed by atoms with Crippen LogP contribution in [0.2, 0.25) is 5.02 Å². The van der Waals surface area contributed by atoms with E-state index < -0.39 is 0 Å². The highest BCUT2D eigenvalue weighted by molar-refractivity contribution is 7.19. The van der Waals surface area contributed by atoms with Gasteiger partial charge in [0.25, 0.3) is 0 Å². The van der Waals surface area contributed by atoms with Crippen molar-refractivity contribution < 1.29 is 0 Å². The Bertz CT molecular complexity index is 761. The first-order valence-electron chi connectivity index (χ1n) is 6.62. The smallest absolute Gasteiger partial charge is 0.0642 e. The Kier molecular flexibility index (Phi) is 3.68. The van der Waals surface area contributed by atoms with Gasteiger partial charge in [-0.25, -0.2) is 0 Å². The van der Waals surface area contributed by atoms with Crippen LogP contribution in [0.5, 0.6) is 0 Å². The van der Waals surface area contributed by atoms with E-state index in [1.54, 1.807) is 11.3 Å². The van der Waals surface area contributed by atoms with Crippen molar-refractivity contribution in [1.29, 1.82) is 0 Å². The molecule has 0 saturated heterocycles. The zero-order valence-corrected chi connectivity index (χ0v) is 13.1. The quantitative estimate of drug-likeness (QED) is 0.646. The molecule has 0 saturated carbocycles. The Morgan fingerprint density at radius 1 is 1.10 bits per heavy atom. The summed E-state index contributed by atoms with van der Waals surface area (Å²) in [6.45, 7) is 5.00. The van der Waals surface area contributed by atoms with Crippen LogP contribution in [-0.4, -0.2) is 0 Å². The van der Waals surface area contributed by atoms with Gasteiger partial charge < -0.3 is 5.32 Å². The zero-order valence-electron chi connectivity index (χ0n) is 11.5. The minimum atomic E-state index is 0.766. The fourth-order valence-corrected chi connectivity index (χ4v) is 3.81. The third kappa shape index (κ3) is 2.54. The summed E-state index contributed by atoms with van der Waals surface area (Å²) < 4.78 is 1.25. The summed E-state index contributed by atoms with van der Waals surface area (Å²) in [6.07, 6.45) is 0. The van der Waals surface area contributed by atoms with Crippen LogP contribution in [0.1, 0.15) is 16.0 Å². The summed E-state index contributed by atoms with van der Waals surface area (Å²) in [5.41, 5.74) is 3.72. The Morgan fingerprint density at radius 2 is 1.90 bits per heavy atom. The second-order valence-corrected chi connectivity index (χ2v) is 6.52. The number of fused-ring (bicyclic) bond motifs is 1. The summed E-state index contributed by atoms with van der Waals surface area (Å²) in [7, 11) is 0. The molecule has 1 aromatic heterocycles. The summed E-state index contributed by atoms with van der Waals surface area (Å²) >= 11 is 8.22. The highest BCUT2D eigenvalue weighted by atomic mass is 35.5. The molecule has 1 N–H and O–H groups in total. The largest absolute Gasteiger partial charge is 0.380 e.